The van der Waals surface area contributed by atoms with E-state index in [1.807, 2.05) is 31.2 Å². The first-order valence-corrected chi connectivity index (χ1v) is 11.3. The van der Waals surface area contributed by atoms with Crippen LogP contribution in [0.5, 0.6) is 0 Å². The van der Waals surface area contributed by atoms with E-state index in [2.05, 4.69) is 10.5 Å². The molecule has 0 atom stereocenters. The van der Waals surface area contributed by atoms with Crippen LogP contribution in [0.15, 0.2) is 88.9 Å². The van der Waals surface area contributed by atoms with Crippen molar-refractivity contribution in [2.45, 2.75) is 18.7 Å². The van der Waals surface area contributed by atoms with E-state index >= 15 is 0 Å². The fourth-order valence-corrected chi connectivity index (χ4v) is 4.38. The molecule has 0 aromatic heterocycles. The van der Waals surface area contributed by atoms with E-state index in [1.165, 1.54) is 12.1 Å². The van der Waals surface area contributed by atoms with Crippen molar-refractivity contribution in [3.05, 3.63) is 95.0 Å². The van der Waals surface area contributed by atoms with Crippen molar-refractivity contribution in [3.63, 3.8) is 0 Å². The van der Waals surface area contributed by atoms with Gasteiger partial charge in [-0.1, -0.05) is 59.6 Å². The molecule has 0 heterocycles. The first-order chi connectivity index (χ1) is 14.8. The van der Waals surface area contributed by atoms with Crippen LogP contribution < -0.4 is 9.73 Å². The fourth-order valence-electron chi connectivity index (χ4n) is 2.81. The van der Waals surface area contributed by atoms with Crippen LogP contribution >= 0.6 is 11.6 Å². The summed E-state index contributed by atoms with van der Waals surface area (Å²) in [6.07, 6.45) is 0. The van der Waals surface area contributed by atoms with Crippen LogP contribution in [0.25, 0.3) is 0 Å². The molecule has 3 rings (SSSR count). The number of hydrogen-bond acceptors (Lipinski definition) is 4. The maximum absolute atomic E-state index is 13.2. The Balaban J connectivity index is 1.84. The van der Waals surface area contributed by atoms with Gasteiger partial charge >= 0.3 is 0 Å². The first-order valence-electron chi connectivity index (χ1n) is 9.51. The summed E-state index contributed by atoms with van der Waals surface area (Å²) in [4.78, 5) is 12.7. The van der Waals surface area contributed by atoms with Crippen LogP contribution in [0.4, 0.5) is 5.69 Å². The summed E-state index contributed by atoms with van der Waals surface area (Å²) < 4.78 is 27.5. The smallest absolute Gasteiger partial charge is 0.264 e. The Bertz CT molecular complexity index is 1180. The van der Waals surface area contributed by atoms with Gasteiger partial charge in [-0.15, -0.1) is 0 Å². The first kappa shape index (κ1) is 22.5. The maximum atomic E-state index is 13.2. The van der Waals surface area contributed by atoms with Gasteiger partial charge in [0.25, 0.3) is 15.9 Å². The molecule has 0 spiro atoms. The molecule has 0 unspecified atom stereocenters. The Morgan fingerprint density at radius 3 is 2.19 bits per heavy atom. The summed E-state index contributed by atoms with van der Waals surface area (Å²) in [5.41, 5.74) is 5.35. The molecule has 0 bridgehead atoms. The minimum atomic E-state index is -3.98. The third-order valence-electron chi connectivity index (χ3n) is 4.55. The van der Waals surface area contributed by atoms with Gasteiger partial charge in [-0.25, -0.2) is 13.8 Å². The highest BCUT2D eigenvalue weighted by Crippen LogP contribution is 2.25. The maximum Gasteiger partial charge on any atom is 0.264 e. The zero-order chi connectivity index (χ0) is 22.4. The van der Waals surface area contributed by atoms with Gasteiger partial charge in [-0.3, -0.25) is 9.10 Å². The van der Waals surface area contributed by atoms with E-state index in [1.54, 1.807) is 49.4 Å². The lowest BCUT2D eigenvalue weighted by atomic mass is 10.1. The van der Waals surface area contributed by atoms with Crippen LogP contribution in [0, 0.1) is 6.92 Å². The summed E-state index contributed by atoms with van der Waals surface area (Å²) in [5, 5.41) is 4.58. The molecule has 160 valence electrons. The zero-order valence-corrected chi connectivity index (χ0v) is 18.7. The van der Waals surface area contributed by atoms with Crippen LogP contribution in [0.1, 0.15) is 18.1 Å². The summed E-state index contributed by atoms with van der Waals surface area (Å²) in [5.74, 6) is -0.569. The number of benzene rings is 3. The molecule has 0 saturated carbocycles. The average Bonchev–Trinajstić information content (AvgIpc) is 2.77. The number of rotatable bonds is 7. The summed E-state index contributed by atoms with van der Waals surface area (Å²) in [7, 11) is -3.98. The van der Waals surface area contributed by atoms with Gasteiger partial charge in [0.1, 0.15) is 6.54 Å². The number of carbonyl (C=O) groups excluding carboxylic acids is 1. The molecule has 1 N–H and O–H groups in total. The third kappa shape index (κ3) is 5.71. The summed E-state index contributed by atoms with van der Waals surface area (Å²) in [6.45, 7) is 3.31. The molecule has 0 aliphatic heterocycles. The normalized spacial score (nSPS) is 11.8. The predicted molar refractivity (Wildman–Crippen MR) is 124 cm³/mol. The molecule has 3 aromatic rings. The highest BCUT2D eigenvalue weighted by molar-refractivity contribution is 7.92. The standard InChI is InChI=1S/C23H22ClN3O3S/c1-17-8-10-19(11-9-17)18(2)25-26-23(28)16-27(21-14-12-20(24)13-15-21)31(29,30)22-6-4-3-5-7-22/h3-15H,16H2,1-2H3,(H,26,28)/b25-18-. The Morgan fingerprint density at radius 2 is 1.58 bits per heavy atom. The number of amides is 1. The van der Waals surface area contributed by atoms with E-state index in [0.29, 0.717) is 16.4 Å². The average molecular weight is 456 g/mol. The van der Waals surface area contributed by atoms with E-state index in [9.17, 15) is 13.2 Å². The second-order valence-electron chi connectivity index (χ2n) is 6.90. The SMILES string of the molecule is C/C(=N/NC(=O)CN(c1ccc(Cl)cc1)S(=O)(=O)c1ccccc1)c1ccc(C)cc1. The fraction of sp³-hybridized carbons (Fsp3) is 0.130. The van der Waals surface area contributed by atoms with Crippen molar-refractivity contribution < 1.29 is 13.2 Å². The summed E-state index contributed by atoms with van der Waals surface area (Å²) in [6, 6.07) is 21.9. The van der Waals surface area contributed by atoms with Gasteiger partial charge in [-0.05, 0) is 55.8 Å². The number of aryl methyl sites for hydroxylation is 1. The second-order valence-corrected chi connectivity index (χ2v) is 9.20. The molecule has 6 nitrogen and oxygen atoms in total. The van der Waals surface area contributed by atoms with Gasteiger partial charge in [0, 0.05) is 5.02 Å². The van der Waals surface area contributed by atoms with Crippen LogP contribution in [-0.4, -0.2) is 26.6 Å². The molecule has 31 heavy (non-hydrogen) atoms. The van der Waals surface area contributed by atoms with Gasteiger partial charge in [-0.2, -0.15) is 5.10 Å². The van der Waals surface area contributed by atoms with E-state index in [4.69, 9.17) is 11.6 Å². The quantitative estimate of drug-likeness (QED) is 0.424. The second kappa shape index (κ2) is 9.76. The topological polar surface area (TPSA) is 78.8 Å². The van der Waals surface area contributed by atoms with Crippen molar-refractivity contribution in [2.24, 2.45) is 5.10 Å². The monoisotopic (exact) mass is 455 g/mol. The van der Waals surface area contributed by atoms with E-state index in [0.717, 1.165) is 15.4 Å². The predicted octanol–water partition coefficient (Wildman–Crippen LogP) is 4.38. The highest BCUT2D eigenvalue weighted by atomic mass is 35.5. The molecule has 8 heteroatoms. The van der Waals surface area contributed by atoms with E-state index < -0.39 is 22.5 Å². The molecule has 3 aromatic carbocycles. The van der Waals surface area contributed by atoms with Crippen LogP contribution in [0.2, 0.25) is 5.02 Å². The summed E-state index contributed by atoms with van der Waals surface area (Å²) >= 11 is 5.94. The number of nitrogens with one attached hydrogen (secondary N) is 1. The van der Waals surface area contributed by atoms with Crippen LogP contribution in [0.3, 0.4) is 0 Å². The van der Waals surface area contributed by atoms with Gasteiger partial charge in [0.2, 0.25) is 0 Å². The third-order valence-corrected chi connectivity index (χ3v) is 6.59. The molecule has 0 aliphatic carbocycles. The molecule has 1 amide bonds. The van der Waals surface area contributed by atoms with Crippen molar-refractivity contribution in [1.82, 2.24) is 5.43 Å². The minimum absolute atomic E-state index is 0.0806. The van der Waals surface area contributed by atoms with E-state index in [-0.39, 0.29) is 4.90 Å². The Morgan fingerprint density at radius 1 is 0.968 bits per heavy atom. The minimum Gasteiger partial charge on any atom is -0.271 e. The number of halogens is 1. The number of hydrogen-bond donors (Lipinski definition) is 1. The number of sulfonamides is 1. The molecular formula is C23H22ClN3O3S. The van der Waals surface area contributed by atoms with Crippen molar-refractivity contribution in [2.75, 3.05) is 10.8 Å². The van der Waals surface area contributed by atoms with Crippen molar-refractivity contribution >= 4 is 38.9 Å². The lowest BCUT2D eigenvalue weighted by Crippen LogP contribution is -2.39. The number of hydrazone groups is 1. The largest absolute Gasteiger partial charge is 0.271 e. The lowest BCUT2D eigenvalue weighted by Gasteiger charge is -2.23. The number of nitrogens with zero attached hydrogens (tertiary/aromatic N) is 2. The van der Waals surface area contributed by atoms with Gasteiger partial charge in [0.15, 0.2) is 0 Å². The molecule has 0 aliphatic rings. The molecule has 0 radical (unpaired) electrons. The molecule has 0 fully saturated rings. The lowest BCUT2D eigenvalue weighted by molar-refractivity contribution is -0.119. The Labute approximate surface area is 187 Å². The van der Waals surface area contributed by atoms with Gasteiger partial charge < -0.3 is 0 Å². The molecule has 0 saturated heterocycles. The number of anilines is 1. The Kier molecular flexibility index (Phi) is 7.09. The van der Waals surface area contributed by atoms with Crippen LogP contribution in [-0.2, 0) is 14.8 Å². The van der Waals surface area contributed by atoms with Gasteiger partial charge in [0.05, 0.1) is 16.3 Å². The molecular weight excluding hydrogens is 434 g/mol. The zero-order valence-electron chi connectivity index (χ0n) is 17.1. The van der Waals surface area contributed by atoms with Crippen molar-refractivity contribution in [1.29, 1.82) is 0 Å². The Hall–Kier alpha value is -3.16. The highest BCUT2D eigenvalue weighted by Gasteiger charge is 2.27. The van der Waals surface area contributed by atoms with Crippen molar-refractivity contribution in [3.8, 4) is 0 Å². The number of carbonyl (C=O) groups is 1.